The molecule has 2 aromatic rings. The summed E-state index contributed by atoms with van der Waals surface area (Å²) in [5, 5.41) is 0.709. The highest BCUT2D eigenvalue weighted by atomic mass is 35.5. The molecule has 4 heteroatoms. The van der Waals surface area contributed by atoms with Gasteiger partial charge in [0.2, 0.25) is 0 Å². The first-order chi connectivity index (χ1) is 9.58. The van der Waals surface area contributed by atoms with E-state index in [1.54, 1.807) is 12.1 Å². The molecule has 0 saturated carbocycles. The van der Waals surface area contributed by atoms with Gasteiger partial charge in [-0.2, -0.15) is 0 Å². The molecule has 0 aliphatic rings. The quantitative estimate of drug-likeness (QED) is 0.655. The first-order valence-corrected chi connectivity index (χ1v) is 6.92. The van der Waals surface area contributed by atoms with Crippen molar-refractivity contribution in [3.63, 3.8) is 0 Å². The van der Waals surface area contributed by atoms with Gasteiger partial charge in [0.1, 0.15) is 5.82 Å². The number of benzene rings is 2. The Morgan fingerprint density at radius 1 is 1.20 bits per heavy atom. The molecule has 0 bridgehead atoms. The smallest absolute Gasteiger partial charge is 0.123 e. The molecular formula is C16H18ClFN2. The monoisotopic (exact) mass is 292 g/mol. The number of rotatable bonds is 5. The van der Waals surface area contributed by atoms with Gasteiger partial charge in [-0.25, -0.2) is 4.39 Å². The average molecular weight is 293 g/mol. The van der Waals surface area contributed by atoms with Crippen molar-refractivity contribution < 1.29 is 4.39 Å². The van der Waals surface area contributed by atoms with Gasteiger partial charge in [0.25, 0.3) is 0 Å². The summed E-state index contributed by atoms with van der Waals surface area (Å²) in [6.07, 6.45) is 1.42. The minimum atomic E-state index is -0.218. The van der Waals surface area contributed by atoms with E-state index >= 15 is 0 Å². The molecule has 20 heavy (non-hydrogen) atoms. The van der Waals surface area contributed by atoms with Crippen LogP contribution in [0.4, 0.5) is 4.39 Å². The standard InChI is InChI=1S/C16H18ClFN2/c1-11-5-6-15(18)9-13(11)10-16(20-19)8-12-3-2-4-14(17)7-12/h2-7,9,16,20H,8,10,19H2,1H3. The van der Waals surface area contributed by atoms with Gasteiger partial charge in [-0.1, -0.05) is 29.8 Å². The lowest BCUT2D eigenvalue weighted by Gasteiger charge is -2.17. The Bertz CT molecular complexity index is 586. The second-order valence-corrected chi connectivity index (χ2v) is 5.41. The molecule has 0 heterocycles. The van der Waals surface area contributed by atoms with Crippen LogP contribution >= 0.6 is 11.6 Å². The van der Waals surface area contributed by atoms with Gasteiger partial charge >= 0.3 is 0 Å². The van der Waals surface area contributed by atoms with Crippen LogP contribution in [0, 0.1) is 12.7 Å². The topological polar surface area (TPSA) is 38.0 Å². The van der Waals surface area contributed by atoms with Crippen LogP contribution in [-0.4, -0.2) is 6.04 Å². The lowest BCUT2D eigenvalue weighted by Crippen LogP contribution is -2.38. The molecule has 1 unspecified atom stereocenters. The van der Waals surface area contributed by atoms with Gasteiger partial charge in [-0.3, -0.25) is 11.3 Å². The zero-order valence-corrected chi connectivity index (χ0v) is 12.1. The van der Waals surface area contributed by atoms with Crippen LogP contribution in [0.1, 0.15) is 16.7 Å². The van der Waals surface area contributed by atoms with E-state index in [4.69, 9.17) is 17.4 Å². The Kier molecular flexibility index (Phi) is 5.12. The van der Waals surface area contributed by atoms with Crippen LogP contribution in [0.2, 0.25) is 5.02 Å². The van der Waals surface area contributed by atoms with E-state index in [0.29, 0.717) is 11.4 Å². The Hall–Kier alpha value is -1.42. The first kappa shape index (κ1) is 15.0. The number of nitrogens with two attached hydrogens (primary N) is 1. The molecule has 0 aliphatic heterocycles. The van der Waals surface area contributed by atoms with Crippen LogP contribution in [0.5, 0.6) is 0 Å². The second-order valence-electron chi connectivity index (χ2n) is 4.97. The summed E-state index contributed by atoms with van der Waals surface area (Å²) in [4.78, 5) is 0. The molecule has 0 spiro atoms. The van der Waals surface area contributed by atoms with Gasteiger partial charge in [0, 0.05) is 11.1 Å². The van der Waals surface area contributed by atoms with E-state index in [1.807, 2.05) is 31.2 Å². The number of nitrogens with one attached hydrogen (secondary N) is 1. The Balaban J connectivity index is 2.11. The normalized spacial score (nSPS) is 12.4. The minimum absolute atomic E-state index is 0.0361. The SMILES string of the molecule is Cc1ccc(F)cc1CC(Cc1cccc(Cl)c1)NN. The molecule has 0 aliphatic carbocycles. The van der Waals surface area contributed by atoms with Crippen molar-refractivity contribution in [2.45, 2.75) is 25.8 Å². The fraction of sp³-hybridized carbons (Fsp3) is 0.250. The van der Waals surface area contributed by atoms with E-state index in [1.165, 1.54) is 6.07 Å². The largest absolute Gasteiger partial charge is 0.271 e. The summed E-state index contributed by atoms with van der Waals surface area (Å²) < 4.78 is 13.3. The average Bonchev–Trinajstić information content (AvgIpc) is 2.42. The zero-order chi connectivity index (χ0) is 14.5. The summed E-state index contributed by atoms with van der Waals surface area (Å²) in [7, 11) is 0. The van der Waals surface area contributed by atoms with Gasteiger partial charge in [0.05, 0.1) is 0 Å². The lowest BCUT2D eigenvalue weighted by molar-refractivity contribution is 0.519. The van der Waals surface area contributed by atoms with Gasteiger partial charge in [-0.15, -0.1) is 0 Å². The van der Waals surface area contributed by atoms with Gasteiger partial charge in [0.15, 0.2) is 0 Å². The Morgan fingerprint density at radius 2 is 2.00 bits per heavy atom. The van der Waals surface area contributed by atoms with E-state index in [0.717, 1.165) is 23.1 Å². The molecule has 2 aromatic carbocycles. The third-order valence-corrected chi connectivity index (χ3v) is 3.62. The molecule has 0 fully saturated rings. The van der Waals surface area contributed by atoms with Gasteiger partial charge < -0.3 is 0 Å². The number of hydrogen-bond acceptors (Lipinski definition) is 2. The fourth-order valence-corrected chi connectivity index (χ4v) is 2.48. The third kappa shape index (κ3) is 4.04. The van der Waals surface area contributed by atoms with Crippen LogP contribution in [0.25, 0.3) is 0 Å². The molecule has 2 rings (SSSR count). The van der Waals surface area contributed by atoms with Crippen molar-refractivity contribution in [2.75, 3.05) is 0 Å². The van der Waals surface area contributed by atoms with Crippen molar-refractivity contribution in [1.29, 1.82) is 0 Å². The summed E-state index contributed by atoms with van der Waals surface area (Å²) in [5.41, 5.74) is 5.94. The van der Waals surface area contributed by atoms with Crippen LogP contribution in [0.15, 0.2) is 42.5 Å². The molecule has 1 atom stereocenters. The predicted molar refractivity (Wildman–Crippen MR) is 81.1 cm³/mol. The van der Waals surface area contributed by atoms with Crippen LogP contribution < -0.4 is 11.3 Å². The highest BCUT2D eigenvalue weighted by molar-refractivity contribution is 6.30. The van der Waals surface area contributed by atoms with Crippen molar-refractivity contribution >= 4 is 11.6 Å². The van der Waals surface area contributed by atoms with E-state index in [9.17, 15) is 4.39 Å². The number of halogens is 2. The fourth-order valence-electron chi connectivity index (χ4n) is 2.26. The minimum Gasteiger partial charge on any atom is -0.271 e. The second kappa shape index (κ2) is 6.84. The maximum Gasteiger partial charge on any atom is 0.123 e. The molecule has 0 radical (unpaired) electrons. The van der Waals surface area contributed by atoms with Crippen LogP contribution in [-0.2, 0) is 12.8 Å². The molecular weight excluding hydrogens is 275 g/mol. The van der Waals surface area contributed by atoms with Crippen LogP contribution in [0.3, 0.4) is 0 Å². The molecule has 3 N–H and O–H groups in total. The zero-order valence-electron chi connectivity index (χ0n) is 11.4. The third-order valence-electron chi connectivity index (χ3n) is 3.38. The van der Waals surface area contributed by atoms with Crippen molar-refractivity contribution in [3.05, 3.63) is 70.0 Å². The number of hydrazine groups is 1. The molecule has 0 aromatic heterocycles. The Morgan fingerprint density at radius 3 is 2.70 bits per heavy atom. The highest BCUT2D eigenvalue weighted by Gasteiger charge is 2.11. The summed E-state index contributed by atoms with van der Waals surface area (Å²) in [6.45, 7) is 1.97. The van der Waals surface area contributed by atoms with E-state index < -0.39 is 0 Å². The molecule has 106 valence electrons. The molecule has 0 amide bonds. The highest BCUT2D eigenvalue weighted by Crippen LogP contribution is 2.16. The van der Waals surface area contributed by atoms with E-state index in [-0.39, 0.29) is 11.9 Å². The predicted octanol–water partition coefficient (Wildman–Crippen LogP) is 3.40. The summed E-state index contributed by atoms with van der Waals surface area (Å²) in [6, 6.07) is 12.6. The first-order valence-electron chi connectivity index (χ1n) is 6.54. The summed E-state index contributed by atoms with van der Waals surface area (Å²) >= 11 is 5.98. The lowest BCUT2D eigenvalue weighted by atomic mass is 9.96. The van der Waals surface area contributed by atoms with Crippen molar-refractivity contribution in [2.24, 2.45) is 5.84 Å². The van der Waals surface area contributed by atoms with Crippen molar-refractivity contribution in [1.82, 2.24) is 5.43 Å². The maximum atomic E-state index is 13.3. The molecule has 0 saturated heterocycles. The molecule has 2 nitrogen and oxygen atoms in total. The Labute approximate surface area is 123 Å². The number of aryl methyl sites for hydroxylation is 1. The van der Waals surface area contributed by atoms with E-state index in [2.05, 4.69) is 5.43 Å². The van der Waals surface area contributed by atoms with Gasteiger partial charge in [-0.05, 0) is 60.7 Å². The maximum absolute atomic E-state index is 13.3. The van der Waals surface area contributed by atoms with Crippen molar-refractivity contribution in [3.8, 4) is 0 Å². The summed E-state index contributed by atoms with van der Waals surface area (Å²) in [5.74, 6) is 5.40. The number of hydrogen-bond donors (Lipinski definition) is 2.